The summed E-state index contributed by atoms with van der Waals surface area (Å²) in [6, 6.07) is 11.8. The number of hydrogen-bond acceptors (Lipinski definition) is 4. The fourth-order valence-electron chi connectivity index (χ4n) is 3.18. The molecular weight excluding hydrogens is 438 g/mol. The highest BCUT2D eigenvalue weighted by molar-refractivity contribution is 9.10. The first-order chi connectivity index (χ1) is 13.8. The van der Waals surface area contributed by atoms with Crippen molar-refractivity contribution in [3.05, 3.63) is 52.5 Å². The quantitative estimate of drug-likeness (QED) is 0.717. The standard InChI is InChI=1S/C21H22BrN3O4/c1-3-13(2)25(16-7-4-14(5-8-16)21(23)28)19(26)11-24-17-9-6-15(22)10-18(17)29-12-20(24)27/h4-10,13H,3,11-12H2,1-2H3,(H2,23,28). The molecule has 8 heteroatoms. The molecule has 1 atom stereocenters. The van der Waals surface area contributed by atoms with Crippen molar-refractivity contribution in [1.82, 2.24) is 0 Å². The Morgan fingerprint density at radius 1 is 1.24 bits per heavy atom. The van der Waals surface area contributed by atoms with E-state index in [1.54, 1.807) is 47.4 Å². The number of nitrogens with zero attached hydrogens (tertiary/aromatic N) is 2. The maximum atomic E-state index is 13.2. The summed E-state index contributed by atoms with van der Waals surface area (Å²) in [6.07, 6.45) is 0.726. The molecule has 2 N–H and O–H groups in total. The van der Waals surface area contributed by atoms with Gasteiger partial charge in [0.15, 0.2) is 6.61 Å². The fraction of sp³-hybridized carbons (Fsp3) is 0.286. The summed E-state index contributed by atoms with van der Waals surface area (Å²) in [4.78, 5) is 40.1. The topological polar surface area (TPSA) is 92.9 Å². The summed E-state index contributed by atoms with van der Waals surface area (Å²) in [5.41, 5.74) is 6.88. The maximum Gasteiger partial charge on any atom is 0.265 e. The van der Waals surface area contributed by atoms with Crippen LogP contribution >= 0.6 is 15.9 Å². The molecule has 3 amide bonds. The summed E-state index contributed by atoms with van der Waals surface area (Å²) >= 11 is 3.38. The number of carbonyl (C=O) groups excluding carboxylic acids is 3. The molecule has 7 nitrogen and oxygen atoms in total. The SMILES string of the molecule is CCC(C)N(C(=O)CN1C(=O)COc2cc(Br)ccc21)c1ccc(C(N)=O)cc1. The second-order valence-corrected chi connectivity index (χ2v) is 7.73. The van der Waals surface area contributed by atoms with Gasteiger partial charge in [-0.3, -0.25) is 19.3 Å². The molecule has 0 aromatic heterocycles. The van der Waals surface area contributed by atoms with E-state index in [4.69, 9.17) is 10.5 Å². The molecule has 0 radical (unpaired) electrons. The molecule has 152 valence electrons. The number of halogens is 1. The van der Waals surface area contributed by atoms with Crippen LogP contribution in [-0.2, 0) is 9.59 Å². The number of ether oxygens (including phenoxy) is 1. The molecule has 29 heavy (non-hydrogen) atoms. The smallest absolute Gasteiger partial charge is 0.265 e. The first kappa shape index (κ1) is 20.9. The number of primary amides is 1. The van der Waals surface area contributed by atoms with Gasteiger partial charge in [-0.25, -0.2) is 0 Å². The third-order valence-corrected chi connectivity index (χ3v) is 5.38. The first-order valence-electron chi connectivity index (χ1n) is 9.26. The van der Waals surface area contributed by atoms with Crippen molar-refractivity contribution in [1.29, 1.82) is 0 Å². The van der Waals surface area contributed by atoms with Crippen molar-refractivity contribution in [2.24, 2.45) is 5.73 Å². The third-order valence-electron chi connectivity index (χ3n) is 4.89. The van der Waals surface area contributed by atoms with E-state index in [-0.39, 0.29) is 31.0 Å². The zero-order chi connectivity index (χ0) is 21.1. The largest absolute Gasteiger partial charge is 0.482 e. The van der Waals surface area contributed by atoms with E-state index in [2.05, 4.69) is 15.9 Å². The monoisotopic (exact) mass is 459 g/mol. The van der Waals surface area contributed by atoms with Gasteiger partial charge in [-0.2, -0.15) is 0 Å². The molecule has 0 spiro atoms. The summed E-state index contributed by atoms with van der Waals surface area (Å²) in [6.45, 7) is 3.69. The molecule has 0 bridgehead atoms. The molecular formula is C21H22BrN3O4. The first-order valence-corrected chi connectivity index (χ1v) is 10.1. The zero-order valence-corrected chi connectivity index (χ0v) is 17.8. The Labute approximate surface area is 177 Å². The lowest BCUT2D eigenvalue weighted by molar-refractivity contribution is -0.124. The van der Waals surface area contributed by atoms with E-state index < -0.39 is 5.91 Å². The van der Waals surface area contributed by atoms with E-state index in [9.17, 15) is 14.4 Å². The highest BCUT2D eigenvalue weighted by Crippen LogP contribution is 2.34. The number of nitrogens with two attached hydrogens (primary N) is 1. The van der Waals surface area contributed by atoms with Crippen molar-refractivity contribution in [2.45, 2.75) is 26.3 Å². The van der Waals surface area contributed by atoms with E-state index >= 15 is 0 Å². The number of carbonyl (C=O) groups is 3. The summed E-state index contributed by atoms with van der Waals surface area (Å²) in [5.74, 6) is -0.482. The Morgan fingerprint density at radius 2 is 1.93 bits per heavy atom. The van der Waals surface area contributed by atoms with Crippen LogP contribution in [-0.4, -0.2) is 36.9 Å². The van der Waals surface area contributed by atoms with Crippen molar-refractivity contribution < 1.29 is 19.1 Å². The van der Waals surface area contributed by atoms with Crippen LogP contribution in [0.5, 0.6) is 5.75 Å². The van der Waals surface area contributed by atoms with Gasteiger partial charge < -0.3 is 15.4 Å². The number of rotatable bonds is 6. The average Bonchev–Trinajstić information content (AvgIpc) is 2.70. The van der Waals surface area contributed by atoms with Gasteiger partial charge in [0.2, 0.25) is 11.8 Å². The van der Waals surface area contributed by atoms with Crippen molar-refractivity contribution >= 4 is 45.0 Å². The highest BCUT2D eigenvalue weighted by Gasteiger charge is 2.30. The number of anilines is 2. The van der Waals surface area contributed by atoms with Crippen LogP contribution in [0.1, 0.15) is 30.6 Å². The molecule has 2 aromatic rings. The van der Waals surface area contributed by atoms with E-state index in [1.165, 1.54) is 4.90 Å². The van der Waals surface area contributed by atoms with E-state index in [0.717, 1.165) is 10.9 Å². The average molecular weight is 460 g/mol. The summed E-state index contributed by atoms with van der Waals surface area (Å²) in [5, 5.41) is 0. The number of hydrogen-bond donors (Lipinski definition) is 1. The van der Waals surface area contributed by atoms with E-state index in [1.807, 2.05) is 13.8 Å². The summed E-state index contributed by atoms with van der Waals surface area (Å²) < 4.78 is 6.31. The Bertz CT molecular complexity index is 945. The van der Waals surface area contributed by atoms with Crippen LogP contribution in [0.3, 0.4) is 0 Å². The minimum absolute atomic E-state index is 0.0949. The molecule has 1 heterocycles. The molecule has 1 unspecified atom stereocenters. The van der Waals surface area contributed by atoms with Gasteiger partial charge in [0.25, 0.3) is 5.91 Å². The molecule has 0 saturated carbocycles. The van der Waals surface area contributed by atoms with Gasteiger partial charge in [-0.15, -0.1) is 0 Å². The zero-order valence-electron chi connectivity index (χ0n) is 16.2. The fourth-order valence-corrected chi connectivity index (χ4v) is 3.52. The Morgan fingerprint density at radius 3 is 2.55 bits per heavy atom. The van der Waals surface area contributed by atoms with Gasteiger partial charge in [-0.1, -0.05) is 22.9 Å². The third kappa shape index (κ3) is 4.42. The van der Waals surface area contributed by atoms with Crippen LogP contribution in [0.15, 0.2) is 46.9 Å². The predicted molar refractivity (Wildman–Crippen MR) is 114 cm³/mol. The molecule has 0 fully saturated rings. The van der Waals surface area contributed by atoms with Crippen LogP contribution < -0.4 is 20.3 Å². The Hall–Kier alpha value is -2.87. The molecule has 1 aliphatic heterocycles. The molecule has 0 aliphatic carbocycles. The minimum Gasteiger partial charge on any atom is -0.482 e. The van der Waals surface area contributed by atoms with Gasteiger partial charge in [0.05, 0.1) is 5.69 Å². The molecule has 3 rings (SSSR count). The van der Waals surface area contributed by atoms with E-state index in [0.29, 0.717) is 22.7 Å². The number of benzene rings is 2. The number of amides is 3. The Kier molecular flexibility index (Phi) is 6.22. The van der Waals surface area contributed by atoms with Crippen molar-refractivity contribution in [3.63, 3.8) is 0 Å². The second kappa shape index (κ2) is 8.65. The van der Waals surface area contributed by atoms with Gasteiger partial charge in [0, 0.05) is 21.8 Å². The number of fused-ring (bicyclic) bond motifs is 1. The lowest BCUT2D eigenvalue weighted by Crippen LogP contribution is -2.49. The van der Waals surface area contributed by atoms with Crippen molar-refractivity contribution in [3.8, 4) is 5.75 Å². The van der Waals surface area contributed by atoms with Crippen molar-refractivity contribution in [2.75, 3.05) is 23.0 Å². The highest BCUT2D eigenvalue weighted by atomic mass is 79.9. The molecule has 0 saturated heterocycles. The van der Waals surface area contributed by atoms with Crippen LogP contribution in [0.2, 0.25) is 0 Å². The van der Waals surface area contributed by atoms with Crippen LogP contribution in [0.4, 0.5) is 11.4 Å². The lowest BCUT2D eigenvalue weighted by Gasteiger charge is -2.33. The predicted octanol–water partition coefficient (Wildman–Crippen LogP) is 3.11. The van der Waals surface area contributed by atoms with Crippen LogP contribution in [0.25, 0.3) is 0 Å². The van der Waals surface area contributed by atoms with Gasteiger partial charge in [0.1, 0.15) is 12.3 Å². The van der Waals surface area contributed by atoms with Crippen LogP contribution in [0, 0.1) is 0 Å². The van der Waals surface area contributed by atoms with Gasteiger partial charge >= 0.3 is 0 Å². The summed E-state index contributed by atoms with van der Waals surface area (Å²) in [7, 11) is 0. The lowest BCUT2D eigenvalue weighted by atomic mass is 10.1. The minimum atomic E-state index is -0.528. The van der Waals surface area contributed by atoms with Gasteiger partial charge in [-0.05, 0) is 55.8 Å². The second-order valence-electron chi connectivity index (χ2n) is 6.81. The molecule has 2 aromatic carbocycles. The normalized spacial score (nSPS) is 14.0. The molecule has 1 aliphatic rings. The maximum absolute atomic E-state index is 13.2. The Balaban J connectivity index is 1.89.